The molecule has 0 radical (unpaired) electrons. The summed E-state index contributed by atoms with van der Waals surface area (Å²) in [6.45, 7) is 4.14. The van der Waals surface area contributed by atoms with Gasteiger partial charge in [0.25, 0.3) is 0 Å². The summed E-state index contributed by atoms with van der Waals surface area (Å²) in [7, 11) is 0. The van der Waals surface area contributed by atoms with E-state index in [0.29, 0.717) is 10.5 Å². The SMILES string of the molecule is CC(Cc1ccccc1CC(C)SC#N)SC#N. The minimum Gasteiger partial charge on any atom is -0.185 e. The van der Waals surface area contributed by atoms with Gasteiger partial charge >= 0.3 is 0 Å². The van der Waals surface area contributed by atoms with Crippen LogP contribution < -0.4 is 0 Å². The molecule has 0 fully saturated rings. The predicted octanol–water partition coefficient (Wildman–Crippen LogP) is 3.98. The molecule has 1 aromatic rings. The Morgan fingerprint density at radius 1 is 0.944 bits per heavy atom. The van der Waals surface area contributed by atoms with Gasteiger partial charge < -0.3 is 0 Å². The third kappa shape index (κ3) is 5.04. The summed E-state index contributed by atoms with van der Waals surface area (Å²) >= 11 is 2.62. The highest BCUT2D eigenvalue weighted by molar-refractivity contribution is 8.04. The molecule has 4 heteroatoms. The normalized spacial score (nSPS) is 13.3. The average Bonchev–Trinajstić information content (AvgIpc) is 2.32. The zero-order valence-corrected chi connectivity index (χ0v) is 12.2. The van der Waals surface area contributed by atoms with E-state index in [1.807, 2.05) is 12.1 Å². The zero-order chi connectivity index (χ0) is 13.4. The minimum absolute atomic E-state index is 0.301. The highest BCUT2D eigenvalue weighted by atomic mass is 32.2. The molecule has 0 amide bonds. The van der Waals surface area contributed by atoms with E-state index in [1.54, 1.807) is 0 Å². The number of rotatable bonds is 6. The fourth-order valence-electron chi connectivity index (χ4n) is 1.84. The molecule has 0 saturated heterocycles. The molecule has 0 aliphatic carbocycles. The first-order chi connectivity index (χ1) is 8.67. The smallest absolute Gasteiger partial charge is 0.133 e. The van der Waals surface area contributed by atoms with Crippen molar-refractivity contribution in [3.63, 3.8) is 0 Å². The molecular weight excluding hydrogens is 260 g/mol. The summed E-state index contributed by atoms with van der Waals surface area (Å²) in [5.74, 6) is 0. The molecule has 94 valence electrons. The minimum atomic E-state index is 0.301. The first-order valence-corrected chi connectivity index (χ1v) is 7.59. The molecule has 0 aromatic heterocycles. The summed E-state index contributed by atoms with van der Waals surface area (Å²) in [5.41, 5.74) is 2.58. The van der Waals surface area contributed by atoms with Crippen LogP contribution in [0.3, 0.4) is 0 Å². The van der Waals surface area contributed by atoms with Crippen LogP contribution in [0.1, 0.15) is 25.0 Å². The molecular formula is C14H16N2S2. The van der Waals surface area contributed by atoms with Crippen LogP contribution in [0, 0.1) is 21.3 Å². The Morgan fingerprint density at radius 3 is 1.67 bits per heavy atom. The van der Waals surface area contributed by atoms with E-state index in [2.05, 4.69) is 36.8 Å². The lowest BCUT2D eigenvalue weighted by molar-refractivity contribution is 0.884. The van der Waals surface area contributed by atoms with E-state index in [1.165, 1.54) is 34.7 Å². The Morgan fingerprint density at radius 2 is 1.33 bits per heavy atom. The molecule has 2 unspecified atom stereocenters. The Hall–Kier alpha value is -1.10. The van der Waals surface area contributed by atoms with E-state index >= 15 is 0 Å². The van der Waals surface area contributed by atoms with Crippen molar-refractivity contribution in [3.8, 4) is 10.8 Å². The Balaban J connectivity index is 2.74. The first-order valence-electron chi connectivity index (χ1n) is 5.83. The Kier molecular flexibility index (Phi) is 6.72. The van der Waals surface area contributed by atoms with Crippen LogP contribution in [0.25, 0.3) is 0 Å². The van der Waals surface area contributed by atoms with Crippen molar-refractivity contribution < 1.29 is 0 Å². The van der Waals surface area contributed by atoms with Gasteiger partial charge in [0, 0.05) is 10.5 Å². The molecule has 2 atom stereocenters. The Labute approximate surface area is 117 Å². The van der Waals surface area contributed by atoms with Crippen molar-refractivity contribution in [2.75, 3.05) is 0 Å². The van der Waals surface area contributed by atoms with E-state index in [-0.39, 0.29) is 0 Å². The number of hydrogen-bond donors (Lipinski definition) is 0. The van der Waals surface area contributed by atoms with Gasteiger partial charge in [-0.2, -0.15) is 10.5 Å². The lowest BCUT2D eigenvalue weighted by Gasteiger charge is -2.14. The molecule has 1 aromatic carbocycles. The summed E-state index contributed by atoms with van der Waals surface area (Å²) in [6, 6.07) is 8.30. The van der Waals surface area contributed by atoms with Crippen LogP contribution in [-0.2, 0) is 12.8 Å². The van der Waals surface area contributed by atoms with Crippen LogP contribution in [0.4, 0.5) is 0 Å². The fraction of sp³-hybridized carbons (Fsp3) is 0.429. The summed E-state index contributed by atoms with van der Waals surface area (Å²) < 4.78 is 0. The molecule has 0 N–H and O–H groups in total. The summed E-state index contributed by atoms with van der Waals surface area (Å²) in [5, 5.41) is 22.2. The summed E-state index contributed by atoms with van der Waals surface area (Å²) in [6.07, 6.45) is 1.80. The number of thiocyanates is 2. The van der Waals surface area contributed by atoms with Gasteiger partial charge in [-0.3, -0.25) is 0 Å². The highest BCUT2D eigenvalue weighted by Crippen LogP contribution is 2.21. The number of nitriles is 2. The number of nitrogens with zero attached hydrogens (tertiary/aromatic N) is 2. The Bertz CT molecular complexity index is 417. The monoisotopic (exact) mass is 276 g/mol. The topological polar surface area (TPSA) is 47.6 Å². The molecule has 18 heavy (non-hydrogen) atoms. The van der Waals surface area contributed by atoms with Crippen molar-refractivity contribution >= 4 is 23.5 Å². The lowest BCUT2D eigenvalue weighted by Crippen LogP contribution is -2.07. The molecule has 2 nitrogen and oxygen atoms in total. The van der Waals surface area contributed by atoms with Gasteiger partial charge in [0.15, 0.2) is 0 Å². The maximum Gasteiger partial charge on any atom is 0.133 e. The second-order valence-corrected chi connectivity index (χ2v) is 6.66. The van der Waals surface area contributed by atoms with E-state index in [0.717, 1.165) is 12.8 Å². The van der Waals surface area contributed by atoms with E-state index in [4.69, 9.17) is 10.5 Å². The van der Waals surface area contributed by atoms with Crippen LogP contribution >= 0.6 is 23.5 Å². The van der Waals surface area contributed by atoms with E-state index in [9.17, 15) is 0 Å². The van der Waals surface area contributed by atoms with Crippen molar-refractivity contribution in [2.24, 2.45) is 0 Å². The average molecular weight is 276 g/mol. The number of hydrogen-bond acceptors (Lipinski definition) is 4. The van der Waals surface area contributed by atoms with E-state index < -0.39 is 0 Å². The number of thioether (sulfide) groups is 2. The molecule has 0 heterocycles. The largest absolute Gasteiger partial charge is 0.185 e. The van der Waals surface area contributed by atoms with Crippen molar-refractivity contribution in [2.45, 2.75) is 37.2 Å². The second-order valence-electron chi connectivity index (χ2n) is 4.22. The third-order valence-corrected chi connectivity index (χ3v) is 3.99. The molecule has 0 saturated carbocycles. The van der Waals surface area contributed by atoms with Gasteiger partial charge in [-0.25, -0.2) is 0 Å². The van der Waals surface area contributed by atoms with Crippen molar-refractivity contribution in [1.82, 2.24) is 0 Å². The zero-order valence-electron chi connectivity index (χ0n) is 10.6. The predicted molar refractivity (Wildman–Crippen MR) is 79.2 cm³/mol. The van der Waals surface area contributed by atoms with Crippen molar-refractivity contribution in [1.29, 1.82) is 10.5 Å². The lowest BCUT2D eigenvalue weighted by atomic mass is 9.99. The maximum absolute atomic E-state index is 8.67. The standard InChI is InChI=1S/C14H16N2S2/c1-11(17-9-15)7-13-5-3-4-6-14(13)8-12(2)18-10-16/h3-6,11-12H,7-8H2,1-2H3. The van der Waals surface area contributed by atoms with Gasteiger partial charge in [0.2, 0.25) is 0 Å². The molecule has 0 spiro atoms. The van der Waals surface area contributed by atoms with Crippen LogP contribution in [0.2, 0.25) is 0 Å². The summed E-state index contributed by atoms with van der Waals surface area (Å²) in [4.78, 5) is 0. The molecule has 1 rings (SSSR count). The van der Waals surface area contributed by atoms with Gasteiger partial charge in [-0.15, -0.1) is 0 Å². The molecule has 0 bridgehead atoms. The molecule has 0 aliphatic heterocycles. The third-order valence-electron chi connectivity index (χ3n) is 2.64. The van der Waals surface area contributed by atoms with Gasteiger partial charge in [-0.05, 0) is 47.5 Å². The van der Waals surface area contributed by atoms with Gasteiger partial charge in [-0.1, -0.05) is 38.1 Å². The molecule has 0 aliphatic rings. The van der Waals surface area contributed by atoms with Gasteiger partial charge in [0.1, 0.15) is 10.8 Å². The van der Waals surface area contributed by atoms with Crippen LogP contribution in [0.15, 0.2) is 24.3 Å². The van der Waals surface area contributed by atoms with Crippen molar-refractivity contribution in [3.05, 3.63) is 35.4 Å². The highest BCUT2D eigenvalue weighted by Gasteiger charge is 2.11. The second kappa shape index (κ2) is 8.08. The number of benzene rings is 1. The quantitative estimate of drug-likeness (QED) is 0.737. The first kappa shape index (κ1) is 15.0. The fourth-order valence-corrected chi connectivity index (χ4v) is 2.72. The maximum atomic E-state index is 8.67. The van der Waals surface area contributed by atoms with Crippen LogP contribution in [-0.4, -0.2) is 10.5 Å². The van der Waals surface area contributed by atoms with Crippen LogP contribution in [0.5, 0.6) is 0 Å². The van der Waals surface area contributed by atoms with Gasteiger partial charge in [0.05, 0.1) is 0 Å².